The number of ether oxygens (including phenoxy) is 1. The maximum atomic E-state index is 9.99. The van der Waals surface area contributed by atoms with Crippen LogP contribution in [0.15, 0.2) is 17.5 Å². The Kier molecular flexibility index (Phi) is 5.20. The number of rotatable bonds is 7. The van der Waals surface area contributed by atoms with E-state index < -0.39 is 6.10 Å². The van der Waals surface area contributed by atoms with Gasteiger partial charge in [0.25, 0.3) is 0 Å². The third kappa shape index (κ3) is 4.13. The average molecular weight is 322 g/mol. The molecule has 22 heavy (non-hydrogen) atoms. The lowest BCUT2D eigenvalue weighted by Gasteiger charge is -2.24. The zero-order chi connectivity index (χ0) is 15.4. The molecule has 120 valence electrons. The highest BCUT2D eigenvalue weighted by Crippen LogP contribution is 2.13. The van der Waals surface area contributed by atoms with Crippen molar-refractivity contribution >= 4 is 11.3 Å². The Hall–Kier alpha value is -1.28. The van der Waals surface area contributed by atoms with Crippen molar-refractivity contribution in [2.24, 2.45) is 0 Å². The molecule has 7 heteroatoms. The number of hydrogen-bond donors (Lipinski definition) is 2. The molecule has 0 saturated carbocycles. The summed E-state index contributed by atoms with van der Waals surface area (Å²) >= 11 is 1.67. The maximum Gasteiger partial charge on any atom is 0.147 e. The second-order valence-corrected chi connectivity index (χ2v) is 6.68. The van der Waals surface area contributed by atoms with Crippen LogP contribution in [-0.4, -0.2) is 45.2 Å². The first-order valence-electron chi connectivity index (χ1n) is 7.62. The summed E-state index contributed by atoms with van der Waals surface area (Å²) in [6.07, 6.45) is 1.48. The third-order valence-corrected chi connectivity index (χ3v) is 4.59. The number of nitrogens with zero attached hydrogens (tertiary/aromatic N) is 3. The van der Waals surface area contributed by atoms with Gasteiger partial charge in [-0.3, -0.25) is 0 Å². The quantitative estimate of drug-likeness (QED) is 0.799. The number of aryl methyl sites for hydroxylation is 2. The summed E-state index contributed by atoms with van der Waals surface area (Å²) in [4.78, 5) is 5.58. The molecule has 2 aromatic heterocycles. The summed E-state index contributed by atoms with van der Waals surface area (Å²) in [5.41, 5.74) is 0. The fourth-order valence-corrected chi connectivity index (χ4v) is 3.29. The SMILES string of the molecule is Cc1nc2n(n1)C[C@H](NC[C@H](O)COCc1cccs1)CC2. The zero-order valence-corrected chi connectivity index (χ0v) is 13.6. The molecule has 3 rings (SSSR count). The molecule has 0 amide bonds. The third-order valence-electron chi connectivity index (χ3n) is 3.74. The fourth-order valence-electron chi connectivity index (χ4n) is 2.65. The molecule has 2 N–H and O–H groups in total. The molecule has 0 radical (unpaired) electrons. The van der Waals surface area contributed by atoms with E-state index in [2.05, 4.69) is 15.4 Å². The van der Waals surface area contributed by atoms with E-state index in [1.165, 1.54) is 4.88 Å². The number of nitrogens with one attached hydrogen (secondary N) is 1. The largest absolute Gasteiger partial charge is 0.389 e. The van der Waals surface area contributed by atoms with Gasteiger partial charge in [0.15, 0.2) is 0 Å². The molecule has 2 atom stereocenters. The van der Waals surface area contributed by atoms with Crippen LogP contribution >= 0.6 is 11.3 Å². The van der Waals surface area contributed by atoms with E-state index in [4.69, 9.17) is 4.74 Å². The van der Waals surface area contributed by atoms with Gasteiger partial charge in [0.2, 0.25) is 0 Å². The van der Waals surface area contributed by atoms with Gasteiger partial charge in [-0.1, -0.05) is 6.07 Å². The second-order valence-electron chi connectivity index (χ2n) is 5.65. The summed E-state index contributed by atoms with van der Waals surface area (Å²) < 4.78 is 7.50. The molecule has 1 aliphatic heterocycles. The summed E-state index contributed by atoms with van der Waals surface area (Å²) in [7, 11) is 0. The molecule has 0 bridgehead atoms. The Morgan fingerprint density at radius 2 is 2.50 bits per heavy atom. The number of aliphatic hydroxyl groups is 1. The van der Waals surface area contributed by atoms with Crippen LogP contribution in [0.25, 0.3) is 0 Å². The standard InChI is InChI=1S/C15H22N4O2S/c1-11-17-15-5-4-12(8-19(15)18-11)16-7-13(20)9-21-10-14-3-2-6-22-14/h2-3,6,12-13,16,20H,4-5,7-10H2,1H3/t12-,13+/m1/s1. The van der Waals surface area contributed by atoms with Gasteiger partial charge in [0.05, 0.1) is 25.9 Å². The lowest BCUT2D eigenvalue weighted by Crippen LogP contribution is -2.42. The summed E-state index contributed by atoms with van der Waals surface area (Å²) in [5.74, 6) is 1.90. The number of aromatic nitrogens is 3. The van der Waals surface area contributed by atoms with Gasteiger partial charge < -0.3 is 15.2 Å². The minimum Gasteiger partial charge on any atom is -0.389 e. The van der Waals surface area contributed by atoms with E-state index >= 15 is 0 Å². The topological polar surface area (TPSA) is 72.2 Å². The lowest BCUT2D eigenvalue weighted by atomic mass is 10.1. The minimum absolute atomic E-state index is 0.334. The van der Waals surface area contributed by atoms with Crippen LogP contribution in [0.1, 0.15) is 22.9 Å². The smallest absolute Gasteiger partial charge is 0.147 e. The summed E-state index contributed by atoms with van der Waals surface area (Å²) in [6.45, 7) is 4.20. The number of aliphatic hydroxyl groups excluding tert-OH is 1. The molecular weight excluding hydrogens is 300 g/mol. The van der Waals surface area contributed by atoms with E-state index in [1.807, 2.05) is 29.1 Å². The fraction of sp³-hybridized carbons (Fsp3) is 0.600. The predicted molar refractivity (Wildman–Crippen MR) is 84.9 cm³/mol. The molecule has 0 aliphatic carbocycles. The van der Waals surface area contributed by atoms with Crippen LogP contribution in [0.4, 0.5) is 0 Å². The van der Waals surface area contributed by atoms with Gasteiger partial charge >= 0.3 is 0 Å². The average Bonchev–Trinajstić information content (AvgIpc) is 3.12. The van der Waals surface area contributed by atoms with Crippen molar-refractivity contribution in [2.75, 3.05) is 13.2 Å². The van der Waals surface area contributed by atoms with Crippen LogP contribution in [0.3, 0.4) is 0 Å². The van der Waals surface area contributed by atoms with Crippen molar-refractivity contribution in [3.8, 4) is 0 Å². The molecule has 0 unspecified atom stereocenters. The van der Waals surface area contributed by atoms with E-state index in [-0.39, 0.29) is 0 Å². The van der Waals surface area contributed by atoms with E-state index in [0.717, 1.165) is 31.0 Å². The Labute approximate surface area is 134 Å². The zero-order valence-electron chi connectivity index (χ0n) is 12.7. The van der Waals surface area contributed by atoms with Crippen molar-refractivity contribution in [1.82, 2.24) is 20.1 Å². The molecule has 2 aromatic rings. The first-order valence-corrected chi connectivity index (χ1v) is 8.50. The van der Waals surface area contributed by atoms with Crippen molar-refractivity contribution in [1.29, 1.82) is 0 Å². The maximum absolute atomic E-state index is 9.99. The van der Waals surface area contributed by atoms with Gasteiger partial charge in [-0.25, -0.2) is 9.67 Å². The first-order chi connectivity index (χ1) is 10.7. The van der Waals surface area contributed by atoms with Crippen LogP contribution < -0.4 is 5.32 Å². The molecule has 0 aromatic carbocycles. The molecule has 6 nitrogen and oxygen atoms in total. The Morgan fingerprint density at radius 1 is 1.59 bits per heavy atom. The van der Waals surface area contributed by atoms with Crippen molar-refractivity contribution in [2.45, 2.75) is 45.1 Å². The van der Waals surface area contributed by atoms with E-state index in [0.29, 0.717) is 25.8 Å². The van der Waals surface area contributed by atoms with Gasteiger partial charge in [-0.15, -0.1) is 11.3 Å². The molecular formula is C15H22N4O2S. The predicted octanol–water partition coefficient (Wildman–Crippen LogP) is 1.13. The second kappa shape index (κ2) is 7.32. The highest BCUT2D eigenvalue weighted by molar-refractivity contribution is 7.09. The number of hydrogen-bond acceptors (Lipinski definition) is 6. The van der Waals surface area contributed by atoms with Crippen molar-refractivity contribution in [3.05, 3.63) is 34.0 Å². The van der Waals surface area contributed by atoms with Crippen LogP contribution in [0, 0.1) is 6.92 Å². The van der Waals surface area contributed by atoms with Crippen molar-refractivity contribution in [3.63, 3.8) is 0 Å². The highest BCUT2D eigenvalue weighted by Gasteiger charge is 2.21. The van der Waals surface area contributed by atoms with Crippen molar-refractivity contribution < 1.29 is 9.84 Å². The molecule has 1 aliphatic rings. The molecule has 0 fully saturated rings. The summed E-state index contributed by atoms with van der Waals surface area (Å²) in [6, 6.07) is 4.38. The van der Waals surface area contributed by atoms with E-state index in [1.54, 1.807) is 11.3 Å². The Balaban J connectivity index is 1.35. The lowest BCUT2D eigenvalue weighted by molar-refractivity contribution is 0.0279. The van der Waals surface area contributed by atoms with Crippen LogP contribution in [-0.2, 0) is 24.3 Å². The van der Waals surface area contributed by atoms with Gasteiger partial charge in [-0.05, 0) is 24.8 Å². The number of thiophene rings is 1. The van der Waals surface area contributed by atoms with E-state index in [9.17, 15) is 5.11 Å². The Bertz CT molecular complexity index is 584. The number of fused-ring (bicyclic) bond motifs is 1. The molecule has 0 saturated heterocycles. The molecule has 3 heterocycles. The highest BCUT2D eigenvalue weighted by atomic mass is 32.1. The van der Waals surface area contributed by atoms with Gasteiger partial charge in [0.1, 0.15) is 11.6 Å². The Morgan fingerprint density at radius 3 is 3.32 bits per heavy atom. The van der Waals surface area contributed by atoms with Crippen LogP contribution in [0.5, 0.6) is 0 Å². The first kappa shape index (κ1) is 15.6. The van der Waals surface area contributed by atoms with Crippen LogP contribution in [0.2, 0.25) is 0 Å². The molecule has 0 spiro atoms. The minimum atomic E-state index is -0.487. The normalized spacial score (nSPS) is 19.1. The summed E-state index contributed by atoms with van der Waals surface area (Å²) in [5, 5.41) is 19.8. The van der Waals surface area contributed by atoms with Gasteiger partial charge in [0, 0.05) is 23.9 Å². The monoisotopic (exact) mass is 322 g/mol. The van der Waals surface area contributed by atoms with Gasteiger partial charge in [-0.2, -0.15) is 5.10 Å².